The maximum absolute atomic E-state index is 13.5. The summed E-state index contributed by atoms with van der Waals surface area (Å²) in [7, 11) is 0. The summed E-state index contributed by atoms with van der Waals surface area (Å²) in [6.07, 6.45) is 12.2. The van der Waals surface area contributed by atoms with E-state index in [4.69, 9.17) is 0 Å². The Hall–Kier alpha value is -2.11. The van der Waals surface area contributed by atoms with E-state index in [9.17, 15) is 9.59 Å². The molecule has 1 spiro atoms. The Morgan fingerprint density at radius 1 is 1.25 bits per heavy atom. The van der Waals surface area contributed by atoms with Crippen molar-refractivity contribution in [2.75, 3.05) is 0 Å². The molecule has 0 aliphatic heterocycles. The van der Waals surface area contributed by atoms with Crippen LogP contribution in [0.1, 0.15) is 95.6 Å². The van der Waals surface area contributed by atoms with Crippen LogP contribution >= 0.6 is 0 Å². The van der Waals surface area contributed by atoms with E-state index in [1.807, 2.05) is 26.1 Å². The Balaban J connectivity index is 1.36. The van der Waals surface area contributed by atoms with Crippen LogP contribution in [-0.2, 0) is 4.79 Å². The lowest BCUT2D eigenvalue weighted by Crippen LogP contribution is -2.56. The molecule has 0 radical (unpaired) electrons. The van der Waals surface area contributed by atoms with Crippen LogP contribution in [0.5, 0.6) is 0 Å². The van der Waals surface area contributed by atoms with E-state index in [1.165, 1.54) is 39.0 Å². The highest BCUT2D eigenvalue weighted by molar-refractivity contribution is 5.95. The fourth-order valence-electron chi connectivity index (χ4n) is 8.25. The van der Waals surface area contributed by atoms with Crippen molar-refractivity contribution in [2.45, 2.75) is 91.1 Å². The van der Waals surface area contributed by atoms with Gasteiger partial charge in [0.1, 0.15) is 0 Å². The van der Waals surface area contributed by atoms with Crippen LogP contribution in [0.4, 0.5) is 0 Å². The van der Waals surface area contributed by atoms with Gasteiger partial charge in [-0.3, -0.25) is 9.59 Å². The highest BCUT2D eigenvalue weighted by atomic mass is 16.2. The molecule has 6 heteroatoms. The first kappa shape index (κ1) is 21.7. The molecule has 0 saturated heterocycles. The normalized spacial score (nSPS) is 37.1. The van der Waals surface area contributed by atoms with E-state index in [0.29, 0.717) is 34.3 Å². The predicted octanol–water partition coefficient (Wildman–Crippen LogP) is 4.34. The Kier molecular flexibility index (Phi) is 4.71. The molecule has 32 heavy (non-hydrogen) atoms. The summed E-state index contributed by atoms with van der Waals surface area (Å²) in [5, 5.41) is 10.9. The minimum Gasteiger partial charge on any atom is -0.349 e. The second-order valence-electron chi connectivity index (χ2n) is 12.3. The second-order valence-corrected chi connectivity index (χ2v) is 12.3. The molecular formula is C26H38N4O2. The summed E-state index contributed by atoms with van der Waals surface area (Å²) in [4.78, 5) is 24.9. The molecule has 3 bridgehead atoms. The third-order valence-corrected chi connectivity index (χ3v) is 9.23. The second kappa shape index (κ2) is 6.94. The van der Waals surface area contributed by atoms with Crippen LogP contribution in [0.15, 0.2) is 12.3 Å². The maximum atomic E-state index is 13.5. The summed E-state index contributed by atoms with van der Waals surface area (Å²) in [5.74, 6) is 2.26. The lowest BCUT2D eigenvalue weighted by atomic mass is 9.47. The van der Waals surface area contributed by atoms with Crippen LogP contribution in [0.25, 0.3) is 6.20 Å². The molecule has 4 aliphatic rings. The number of carbonyl (C=O) groups excluding carboxylic acids is 2. The molecule has 4 fully saturated rings. The molecular weight excluding hydrogens is 400 g/mol. The minimum absolute atomic E-state index is 0.0212. The lowest BCUT2D eigenvalue weighted by molar-refractivity contribution is -0.120. The molecule has 1 aromatic rings. The van der Waals surface area contributed by atoms with Crippen molar-refractivity contribution < 1.29 is 9.59 Å². The number of hydrogen-bond acceptors (Lipinski definition) is 3. The van der Waals surface area contributed by atoms with Crippen LogP contribution in [-0.4, -0.2) is 33.2 Å². The molecule has 6 nitrogen and oxygen atoms in total. The van der Waals surface area contributed by atoms with Gasteiger partial charge in [-0.1, -0.05) is 20.8 Å². The Morgan fingerprint density at radius 3 is 2.69 bits per heavy atom. The van der Waals surface area contributed by atoms with E-state index in [1.54, 1.807) is 10.9 Å². The number of nitrogens with zero attached hydrogens (tertiary/aromatic N) is 2. The van der Waals surface area contributed by atoms with Gasteiger partial charge in [-0.05, 0) is 86.5 Å². The fraction of sp³-hybridized carbons (Fsp3) is 0.731. The van der Waals surface area contributed by atoms with Crippen molar-refractivity contribution in [1.82, 2.24) is 20.4 Å². The van der Waals surface area contributed by atoms with Crippen LogP contribution < -0.4 is 10.6 Å². The number of carbonyl (C=O) groups is 2. The first-order chi connectivity index (χ1) is 14.9. The Labute approximate surface area is 191 Å². The Morgan fingerprint density at radius 2 is 2.00 bits per heavy atom. The lowest BCUT2D eigenvalue weighted by Gasteiger charge is -2.58. The van der Waals surface area contributed by atoms with Gasteiger partial charge in [-0.2, -0.15) is 5.10 Å². The quantitative estimate of drug-likeness (QED) is 0.694. The van der Waals surface area contributed by atoms with Gasteiger partial charge >= 0.3 is 0 Å². The first-order valence-electron chi connectivity index (χ1n) is 12.3. The van der Waals surface area contributed by atoms with Gasteiger partial charge in [0.2, 0.25) is 5.91 Å². The molecule has 1 heterocycles. The minimum atomic E-state index is -0.495. The van der Waals surface area contributed by atoms with Gasteiger partial charge in [-0.15, -0.1) is 0 Å². The standard InChI is InChI=1S/C26H38N4O2/c1-15(2)22-19(14-27-30(22)8-7-24(4,5)29-16(3)31)23(32)28-21-18-9-17-10-25(6)13-20(21)26(25,11-17)12-18/h7-8,14-15,17-18,20-21H,9-13H2,1-6H3,(H,28,32)(H,29,31)/b8-7+/t17?,18?,20?,21?,25-,26?/m1/s1. The summed E-state index contributed by atoms with van der Waals surface area (Å²) in [6, 6.07) is 0.318. The van der Waals surface area contributed by atoms with Gasteiger partial charge in [-0.25, -0.2) is 4.68 Å². The van der Waals surface area contributed by atoms with E-state index < -0.39 is 5.54 Å². The van der Waals surface area contributed by atoms with E-state index in [0.717, 1.165) is 11.6 Å². The zero-order chi connectivity index (χ0) is 23.1. The topological polar surface area (TPSA) is 76.0 Å². The summed E-state index contributed by atoms with van der Waals surface area (Å²) in [5.41, 5.74) is 2.12. The fourth-order valence-corrected chi connectivity index (χ4v) is 8.25. The monoisotopic (exact) mass is 438 g/mol. The van der Waals surface area contributed by atoms with Crippen molar-refractivity contribution in [3.63, 3.8) is 0 Å². The highest BCUT2D eigenvalue weighted by Gasteiger charge is 2.75. The molecule has 5 unspecified atom stereocenters. The van der Waals surface area contributed by atoms with Crippen LogP contribution in [0.2, 0.25) is 0 Å². The van der Waals surface area contributed by atoms with Crippen molar-refractivity contribution >= 4 is 18.0 Å². The Bertz CT molecular complexity index is 992. The molecule has 1 aromatic heterocycles. The van der Waals surface area contributed by atoms with Crippen molar-refractivity contribution in [3.05, 3.63) is 23.5 Å². The molecule has 5 rings (SSSR count). The van der Waals surface area contributed by atoms with Crippen LogP contribution in [0, 0.1) is 28.6 Å². The zero-order valence-corrected chi connectivity index (χ0v) is 20.4. The summed E-state index contributed by atoms with van der Waals surface area (Å²) in [6.45, 7) is 12.1. The molecule has 2 amide bonds. The molecule has 0 aromatic carbocycles. The number of fused-ring (bicyclic) bond motifs is 2. The molecule has 174 valence electrons. The largest absolute Gasteiger partial charge is 0.349 e. The van der Waals surface area contributed by atoms with Crippen molar-refractivity contribution in [3.8, 4) is 0 Å². The molecule has 4 saturated carbocycles. The average molecular weight is 439 g/mol. The summed E-state index contributed by atoms with van der Waals surface area (Å²) >= 11 is 0. The van der Waals surface area contributed by atoms with Gasteiger partial charge in [0.25, 0.3) is 5.91 Å². The molecule has 4 aliphatic carbocycles. The molecule has 6 atom stereocenters. The average Bonchev–Trinajstić information content (AvgIpc) is 3.22. The number of hydrogen-bond donors (Lipinski definition) is 2. The van der Waals surface area contributed by atoms with Gasteiger partial charge in [0.15, 0.2) is 0 Å². The maximum Gasteiger partial charge on any atom is 0.255 e. The predicted molar refractivity (Wildman–Crippen MR) is 125 cm³/mol. The van der Waals surface area contributed by atoms with E-state index >= 15 is 0 Å². The van der Waals surface area contributed by atoms with Gasteiger partial charge in [0, 0.05) is 19.2 Å². The number of amides is 2. The third kappa shape index (κ3) is 3.08. The number of rotatable bonds is 6. The van der Waals surface area contributed by atoms with Crippen molar-refractivity contribution in [1.29, 1.82) is 0 Å². The van der Waals surface area contributed by atoms with E-state index in [2.05, 4.69) is 36.5 Å². The summed E-state index contributed by atoms with van der Waals surface area (Å²) < 4.78 is 1.79. The smallest absolute Gasteiger partial charge is 0.255 e. The zero-order valence-electron chi connectivity index (χ0n) is 20.4. The van der Waals surface area contributed by atoms with E-state index in [-0.39, 0.29) is 17.7 Å². The van der Waals surface area contributed by atoms with Crippen molar-refractivity contribution in [2.24, 2.45) is 28.6 Å². The van der Waals surface area contributed by atoms with Crippen LogP contribution in [0.3, 0.4) is 0 Å². The SMILES string of the molecule is CC(=O)NC(C)(C)/C=C/n1ncc(C(=O)NC2C3CC4CC5(C3)C2C[C@@]5(C)C4)c1C(C)C. The van der Waals surface area contributed by atoms with Gasteiger partial charge in [0.05, 0.1) is 23.0 Å². The number of aromatic nitrogens is 2. The first-order valence-corrected chi connectivity index (χ1v) is 12.3. The molecule has 2 N–H and O–H groups in total. The third-order valence-electron chi connectivity index (χ3n) is 9.23. The number of nitrogens with one attached hydrogen (secondary N) is 2. The van der Waals surface area contributed by atoms with Gasteiger partial charge < -0.3 is 10.6 Å². The highest BCUT2D eigenvalue weighted by Crippen LogP contribution is 2.80.